The molecule has 27 heavy (non-hydrogen) atoms. The number of nitrogens with zero attached hydrogens (tertiary/aromatic N) is 3. The second-order valence-corrected chi connectivity index (χ2v) is 9.64. The van der Waals surface area contributed by atoms with Gasteiger partial charge in [-0.15, -0.1) is 16.4 Å². The number of esters is 1. The van der Waals surface area contributed by atoms with Crippen LogP contribution >= 0.6 is 22.9 Å². The van der Waals surface area contributed by atoms with Crippen molar-refractivity contribution in [1.82, 2.24) is 13.9 Å². The van der Waals surface area contributed by atoms with Crippen LogP contribution in [0.4, 0.5) is 5.00 Å². The number of sulfonamides is 1. The number of hydrogen-bond acceptors (Lipinski definition) is 9. The van der Waals surface area contributed by atoms with Crippen LogP contribution in [0, 0.1) is 5.92 Å². The standard InChI is InChI=1S/C15H18N4O5S3/c1-2-24-15(21)12-14(26-18-17-12)16-13(20)10-5-7-19(8-6-10)27(22,23)11-4-3-9-25-11/h3-4,9-10H,2,5-8H2,1H3,(H,16,20). The highest BCUT2D eigenvalue weighted by atomic mass is 32.2. The van der Waals surface area contributed by atoms with Gasteiger partial charge in [-0.1, -0.05) is 10.6 Å². The molecule has 0 atom stereocenters. The SMILES string of the molecule is CCOC(=O)c1nnsc1NC(=O)C1CCN(S(=O)(=O)c2cccs2)CC1. The second kappa shape index (κ2) is 8.42. The van der Waals surface area contributed by atoms with Gasteiger partial charge in [0, 0.05) is 30.5 Å². The third-order valence-electron chi connectivity index (χ3n) is 4.11. The van der Waals surface area contributed by atoms with E-state index in [1.807, 2.05) is 0 Å². The Hall–Kier alpha value is -1.89. The van der Waals surface area contributed by atoms with E-state index < -0.39 is 16.0 Å². The van der Waals surface area contributed by atoms with E-state index in [-0.39, 0.29) is 42.2 Å². The van der Waals surface area contributed by atoms with Crippen molar-refractivity contribution in [3.05, 3.63) is 23.2 Å². The van der Waals surface area contributed by atoms with Crippen LogP contribution in [-0.2, 0) is 19.6 Å². The van der Waals surface area contributed by atoms with E-state index in [2.05, 4.69) is 14.9 Å². The van der Waals surface area contributed by atoms with Crippen molar-refractivity contribution in [1.29, 1.82) is 0 Å². The molecule has 12 heteroatoms. The fourth-order valence-electron chi connectivity index (χ4n) is 2.72. The minimum atomic E-state index is -3.50. The molecule has 2 aromatic heterocycles. The zero-order valence-electron chi connectivity index (χ0n) is 14.5. The minimum Gasteiger partial charge on any atom is -0.461 e. The third-order valence-corrected chi connectivity index (χ3v) is 8.02. The number of rotatable bonds is 6. The highest BCUT2D eigenvalue weighted by Gasteiger charge is 2.33. The molecule has 9 nitrogen and oxygen atoms in total. The van der Waals surface area contributed by atoms with Crippen LogP contribution in [0.5, 0.6) is 0 Å². The highest BCUT2D eigenvalue weighted by molar-refractivity contribution is 7.91. The van der Waals surface area contributed by atoms with Gasteiger partial charge >= 0.3 is 5.97 Å². The van der Waals surface area contributed by atoms with Gasteiger partial charge in [-0.3, -0.25) is 4.79 Å². The van der Waals surface area contributed by atoms with E-state index in [1.54, 1.807) is 24.4 Å². The molecule has 1 aliphatic heterocycles. The second-order valence-electron chi connectivity index (χ2n) is 5.77. The van der Waals surface area contributed by atoms with E-state index in [4.69, 9.17) is 4.74 Å². The summed E-state index contributed by atoms with van der Waals surface area (Å²) >= 11 is 2.08. The lowest BCUT2D eigenvalue weighted by Crippen LogP contribution is -2.41. The number of aromatic nitrogens is 2. The molecule has 0 saturated carbocycles. The molecule has 1 aliphatic rings. The molecule has 1 N–H and O–H groups in total. The maximum Gasteiger partial charge on any atom is 0.362 e. The fourth-order valence-corrected chi connectivity index (χ4v) is 5.89. The maximum atomic E-state index is 12.5. The van der Waals surface area contributed by atoms with E-state index in [0.717, 1.165) is 11.5 Å². The molecule has 0 spiro atoms. The summed E-state index contributed by atoms with van der Waals surface area (Å²) < 4.78 is 35.3. The molecule has 1 fully saturated rings. The number of carbonyl (C=O) groups is 2. The molecular formula is C15H18N4O5S3. The molecule has 0 radical (unpaired) electrons. The van der Waals surface area contributed by atoms with Gasteiger partial charge in [0.2, 0.25) is 11.6 Å². The van der Waals surface area contributed by atoms with Gasteiger partial charge in [0.25, 0.3) is 10.0 Å². The molecule has 3 heterocycles. The van der Waals surface area contributed by atoms with Crippen molar-refractivity contribution in [3.8, 4) is 0 Å². The maximum absolute atomic E-state index is 12.5. The van der Waals surface area contributed by atoms with Gasteiger partial charge in [0.05, 0.1) is 6.61 Å². The Kier molecular flexibility index (Phi) is 6.19. The van der Waals surface area contributed by atoms with Crippen LogP contribution in [0.25, 0.3) is 0 Å². The quantitative estimate of drug-likeness (QED) is 0.694. The lowest BCUT2D eigenvalue weighted by Gasteiger charge is -2.30. The Balaban J connectivity index is 1.60. The van der Waals surface area contributed by atoms with Crippen LogP contribution in [0.2, 0.25) is 0 Å². The molecule has 3 rings (SSSR count). The Morgan fingerprint density at radius 3 is 2.74 bits per heavy atom. The predicted molar refractivity (Wildman–Crippen MR) is 100 cm³/mol. The number of piperidine rings is 1. The van der Waals surface area contributed by atoms with Crippen LogP contribution in [-0.4, -0.2) is 53.9 Å². The lowest BCUT2D eigenvalue weighted by atomic mass is 9.97. The number of amides is 1. The number of anilines is 1. The van der Waals surface area contributed by atoms with Crippen molar-refractivity contribution < 1.29 is 22.7 Å². The monoisotopic (exact) mass is 430 g/mol. The fraction of sp³-hybridized carbons (Fsp3) is 0.467. The third kappa shape index (κ3) is 4.34. The zero-order valence-corrected chi connectivity index (χ0v) is 16.9. The van der Waals surface area contributed by atoms with Crippen molar-refractivity contribution >= 4 is 49.8 Å². The van der Waals surface area contributed by atoms with Crippen molar-refractivity contribution in [3.63, 3.8) is 0 Å². The predicted octanol–water partition coefficient (Wildman–Crippen LogP) is 1.82. The molecule has 0 bridgehead atoms. The Morgan fingerprint density at radius 2 is 2.11 bits per heavy atom. The van der Waals surface area contributed by atoms with Crippen molar-refractivity contribution in [2.75, 3.05) is 25.0 Å². The summed E-state index contributed by atoms with van der Waals surface area (Å²) in [6.45, 7) is 2.41. The summed E-state index contributed by atoms with van der Waals surface area (Å²) in [5.74, 6) is -1.27. The number of hydrogen-bond donors (Lipinski definition) is 1. The van der Waals surface area contributed by atoms with Crippen LogP contribution in [0.3, 0.4) is 0 Å². The number of thiophene rings is 1. The smallest absolute Gasteiger partial charge is 0.362 e. The summed E-state index contributed by atoms with van der Waals surface area (Å²) in [5.41, 5.74) is -0.0205. The van der Waals surface area contributed by atoms with E-state index in [9.17, 15) is 18.0 Å². The summed E-state index contributed by atoms with van der Waals surface area (Å²) in [5, 5.41) is 8.33. The van der Waals surface area contributed by atoms with Gasteiger partial charge < -0.3 is 10.1 Å². The zero-order chi connectivity index (χ0) is 19.4. The first-order valence-electron chi connectivity index (χ1n) is 8.27. The average Bonchev–Trinajstić information content (AvgIpc) is 3.34. The number of nitrogens with one attached hydrogen (secondary N) is 1. The summed E-state index contributed by atoms with van der Waals surface area (Å²) in [6.07, 6.45) is 0.800. The summed E-state index contributed by atoms with van der Waals surface area (Å²) in [7, 11) is -3.50. The van der Waals surface area contributed by atoms with Crippen LogP contribution in [0.1, 0.15) is 30.3 Å². The first kappa shape index (κ1) is 19.9. The number of carbonyl (C=O) groups excluding carboxylic acids is 2. The topological polar surface area (TPSA) is 119 Å². The van der Waals surface area contributed by atoms with Crippen LogP contribution < -0.4 is 5.32 Å². The Morgan fingerprint density at radius 1 is 1.37 bits per heavy atom. The summed E-state index contributed by atoms with van der Waals surface area (Å²) in [4.78, 5) is 24.3. The first-order chi connectivity index (χ1) is 12.9. The van der Waals surface area contributed by atoms with Crippen molar-refractivity contribution in [2.45, 2.75) is 24.0 Å². The van der Waals surface area contributed by atoms with E-state index in [1.165, 1.54) is 15.6 Å². The van der Waals surface area contributed by atoms with Crippen molar-refractivity contribution in [2.24, 2.45) is 5.92 Å². The largest absolute Gasteiger partial charge is 0.461 e. The molecule has 0 unspecified atom stereocenters. The number of ether oxygens (including phenoxy) is 1. The van der Waals surface area contributed by atoms with Gasteiger partial charge in [-0.25, -0.2) is 13.2 Å². The van der Waals surface area contributed by atoms with Gasteiger partial charge in [0.15, 0.2) is 5.00 Å². The van der Waals surface area contributed by atoms with Gasteiger partial charge in [-0.05, 0) is 31.2 Å². The molecule has 0 aromatic carbocycles. The van der Waals surface area contributed by atoms with E-state index >= 15 is 0 Å². The molecule has 2 aromatic rings. The van der Waals surface area contributed by atoms with Crippen LogP contribution in [0.15, 0.2) is 21.7 Å². The van der Waals surface area contributed by atoms with E-state index in [0.29, 0.717) is 17.1 Å². The molecule has 1 amide bonds. The first-order valence-corrected chi connectivity index (χ1v) is 11.4. The molecule has 146 valence electrons. The minimum absolute atomic E-state index is 0.0205. The van der Waals surface area contributed by atoms with Gasteiger partial charge in [-0.2, -0.15) is 4.31 Å². The summed E-state index contributed by atoms with van der Waals surface area (Å²) in [6, 6.07) is 3.27. The average molecular weight is 431 g/mol. The Bertz CT molecular complexity index is 902. The molecule has 0 aliphatic carbocycles. The van der Waals surface area contributed by atoms with Gasteiger partial charge in [0.1, 0.15) is 4.21 Å². The molecular weight excluding hydrogens is 412 g/mol. The lowest BCUT2D eigenvalue weighted by molar-refractivity contribution is -0.120. The molecule has 1 saturated heterocycles. The highest BCUT2D eigenvalue weighted by Crippen LogP contribution is 2.28. The Labute approximate surface area is 164 Å². The normalized spacial score (nSPS) is 16.2.